The summed E-state index contributed by atoms with van der Waals surface area (Å²) in [6.45, 7) is 0. The Labute approximate surface area is 71.5 Å². The van der Waals surface area contributed by atoms with Gasteiger partial charge >= 0.3 is 0 Å². The molecule has 72 valence electrons. The SMILES string of the molecule is NS(=O)(=O)NC1CCC(F)CC1. The molecule has 0 aromatic heterocycles. The first-order chi connectivity index (χ1) is 5.47. The van der Waals surface area contributed by atoms with Crippen LogP contribution in [0.15, 0.2) is 0 Å². The highest BCUT2D eigenvalue weighted by atomic mass is 32.2. The van der Waals surface area contributed by atoms with Gasteiger partial charge in [-0.2, -0.15) is 13.1 Å². The molecule has 0 aromatic carbocycles. The Bertz CT molecular complexity index is 234. The first-order valence-corrected chi connectivity index (χ1v) is 5.46. The van der Waals surface area contributed by atoms with Crippen molar-refractivity contribution in [1.82, 2.24) is 4.72 Å². The van der Waals surface area contributed by atoms with E-state index in [4.69, 9.17) is 5.14 Å². The van der Waals surface area contributed by atoms with Crippen molar-refractivity contribution in [3.05, 3.63) is 0 Å². The zero-order valence-corrected chi connectivity index (χ0v) is 7.48. The summed E-state index contributed by atoms with van der Waals surface area (Å²) in [6, 6.07) is -0.174. The Morgan fingerprint density at radius 2 is 1.75 bits per heavy atom. The molecular formula is C6H13FN2O2S. The summed E-state index contributed by atoms with van der Waals surface area (Å²) in [5.74, 6) is 0. The van der Waals surface area contributed by atoms with Crippen molar-refractivity contribution in [3.63, 3.8) is 0 Å². The normalized spacial score (nSPS) is 31.8. The third kappa shape index (κ3) is 3.46. The predicted molar refractivity (Wildman–Crippen MR) is 43.4 cm³/mol. The number of nitrogens with two attached hydrogens (primary N) is 1. The van der Waals surface area contributed by atoms with E-state index in [1.54, 1.807) is 0 Å². The summed E-state index contributed by atoms with van der Waals surface area (Å²) in [6.07, 6.45) is 1.15. The van der Waals surface area contributed by atoms with Crippen LogP contribution in [0.5, 0.6) is 0 Å². The highest BCUT2D eigenvalue weighted by Gasteiger charge is 2.22. The van der Waals surface area contributed by atoms with Gasteiger partial charge in [0.05, 0.1) is 0 Å². The second-order valence-corrected chi connectivity index (χ2v) is 4.44. The maximum absolute atomic E-state index is 12.6. The first-order valence-electron chi connectivity index (χ1n) is 3.91. The van der Waals surface area contributed by atoms with Crippen molar-refractivity contribution in [1.29, 1.82) is 0 Å². The number of hydrogen-bond acceptors (Lipinski definition) is 2. The minimum Gasteiger partial charge on any atom is -0.247 e. The standard InChI is InChI=1S/C6H13FN2O2S/c7-5-1-3-6(4-2-5)9-12(8,10)11/h5-6,9H,1-4H2,(H2,8,10,11). The van der Waals surface area contributed by atoms with Crippen molar-refractivity contribution in [2.75, 3.05) is 0 Å². The number of hydrogen-bond donors (Lipinski definition) is 2. The molecule has 1 aliphatic carbocycles. The molecule has 0 aromatic rings. The molecule has 0 saturated heterocycles. The van der Waals surface area contributed by atoms with Gasteiger partial charge in [-0.3, -0.25) is 0 Å². The molecule has 0 bridgehead atoms. The van der Waals surface area contributed by atoms with E-state index in [-0.39, 0.29) is 6.04 Å². The van der Waals surface area contributed by atoms with Crippen LogP contribution >= 0.6 is 0 Å². The highest BCUT2D eigenvalue weighted by molar-refractivity contribution is 7.87. The fraction of sp³-hybridized carbons (Fsp3) is 1.00. The molecule has 0 aliphatic heterocycles. The molecule has 1 aliphatic rings. The van der Waals surface area contributed by atoms with Crippen LogP contribution in [0.25, 0.3) is 0 Å². The summed E-state index contributed by atoms with van der Waals surface area (Å²) in [5, 5.41) is 4.77. The van der Waals surface area contributed by atoms with Gasteiger partial charge in [0.1, 0.15) is 6.17 Å². The lowest BCUT2D eigenvalue weighted by atomic mass is 9.95. The Morgan fingerprint density at radius 3 is 2.17 bits per heavy atom. The molecule has 3 N–H and O–H groups in total. The lowest BCUT2D eigenvalue weighted by Gasteiger charge is -2.23. The van der Waals surface area contributed by atoms with E-state index in [0.29, 0.717) is 25.7 Å². The third-order valence-corrected chi connectivity index (χ3v) is 2.65. The van der Waals surface area contributed by atoms with Gasteiger partial charge in [-0.05, 0) is 25.7 Å². The van der Waals surface area contributed by atoms with Gasteiger partial charge in [0.2, 0.25) is 0 Å². The van der Waals surface area contributed by atoms with Crippen molar-refractivity contribution in [3.8, 4) is 0 Å². The van der Waals surface area contributed by atoms with Gasteiger partial charge in [-0.1, -0.05) is 0 Å². The predicted octanol–water partition coefficient (Wildman–Crippen LogP) is 0.0602. The maximum Gasteiger partial charge on any atom is 0.274 e. The average Bonchev–Trinajstić information content (AvgIpc) is 1.91. The Morgan fingerprint density at radius 1 is 1.25 bits per heavy atom. The topological polar surface area (TPSA) is 72.2 Å². The molecule has 1 saturated carbocycles. The molecule has 0 spiro atoms. The van der Waals surface area contributed by atoms with Crippen LogP contribution in [0.4, 0.5) is 4.39 Å². The molecule has 1 rings (SSSR count). The zero-order valence-electron chi connectivity index (χ0n) is 6.66. The second kappa shape index (κ2) is 3.68. The van der Waals surface area contributed by atoms with E-state index in [0.717, 1.165) is 0 Å². The van der Waals surface area contributed by atoms with E-state index in [9.17, 15) is 12.8 Å². The minimum atomic E-state index is -3.61. The number of alkyl halides is 1. The average molecular weight is 196 g/mol. The van der Waals surface area contributed by atoms with E-state index < -0.39 is 16.4 Å². The van der Waals surface area contributed by atoms with Gasteiger partial charge in [-0.25, -0.2) is 9.53 Å². The Hall–Kier alpha value is -0.200. The van der Waals surface area contributed by atoms with Crippen LogP contribution in [-0.2, 0) is 10.2 Å². The van der Waals surface area contributed by atoms with Crippen LogP contribution < -0.4 is 9.86 Å². The lowest BCUT2D eigenvalue weighted by Crippen LogP contribution is -2.41. The van der Waals surface area contributed by atoms with Gasteiger partial charge in [0.25, 0.3) is 10.2 Å². The largest absolute Gasteiger partial charge is 0.274 e. The minimum absolute atomic E-state index is 0.174. The molecule has 1 fully saturated rings. The van der Waals surface area contributed by atoms with Gasteiger partial charge < -0.3 is 0 Å². The zero-order chi connectivity index (χ0) is 9.19. The Kier molecular flexibility index (Phi) is 3.03. The number of halogens is 1. The van der Waals surface area contributed by atoms with Crippen LogP contribution in [0, 0.1) is 0 Å². The summed E-state index contributed by atoms with van der Waals surface area (Å²) in [4.78, 5) is 0. The maximum atomic E-state index is 12.6. The lowest BCUT2D eigenvalue weighted by molar-refractivity contribution is 0.230. The molecule has 0 heterocycles. The van der Waals surface area contributed by atoms with E-state index in [1.165, 1.54) is 0 Å². The number of nitrogens with one attached hydrogen (secondary N) is 1. The van der Waals surface area contributed by atoms with Crippen molar-refractivity contribution >= 4 is 10.2 Å². The fourth-order valence-corrected chi connectivity index (χ4v) is 2.10. The molecule has 12 heavy (non-hydrogen) atoms. The third-order valence-electron chi connectivity index (χ3n) is 1.99. The first kappa shape index (κ1) is 9.88. The Balaban J connectivity index is 2.36. The number of rotatable bonds is 2. The summed E-state index contributed by atoms with van der Waals surface area (Å²) in [7, 11) is -3.61. The smallest absolute Gasteiger partial charge is 0.247 e. The molecule has 6 heteroatoms. The van der Waals surface area contributed by atoms with Gasteiger partial charge in [-0.15, -0.1) is 0 Å². The monoisotopic (exact) mass is 196 g/mol. The van der Waals surface area contributed by atoms with Crippen LogP contribution in [0.3, 0.4) is 0 Å². The summed E-state index contributed by atoms with van der Waals surface area (Å²) < 4.78 is 36.0. The molecule has 0 atom stereocenters. The molecular weight excluding hydrogens is 183 g/mol. The summed E-state index contributed by atoms with van der Waals surface area (Å²) in [5.41, 5.74) is 0. The molecule has 0 amide bonds. The molecule has 0 radical (unpaired) electrons. The second-order valence-electron chi connectivity index (χ2n) is 3.11. The van der Waals surface area contributed by atoms with E-state index >= 15 is 0 Å². The van der Waals surface area contributed by atoms with Crippen molar-refractivity contribution in [2.45, 2.75) is 37.9 Å². The van der Waals surface area contributed by atoms with Crippen molar-refractivity contribution in [2.24, 2.45) is 5.14 Å². The highest BCUT2D eigenvalue weighted by Crippen LogP contribution is 2.20. The van der Waals surface area contributed by atoms with E-state index in [1.807, 2.05) is 0 Å². The quantitative estimate of drug-likeness (QED) is 0.655. The van der Waals surface area contributed by atoms with Crippen LogP contribution in [-0.4, -0.2) is 20.6 Å². The fourth-order valence-electron chi connectivity index (χ4n) is 1.40. The van der Waals surface area contributed by atoms with Crippen molar-refractivity contribution < 1.29 is 12.8 Å². The summed E-state index contributed by atoms with van der Waals surface area (Å²) >= 11 is 0. The van der Waals surface area contributed by atoms with Gasteiger partial charge in [0, 0.05) is 6.04 Å². The molecule has 4 nitrogen and oxygen atoms in total. The van der Waals surface area contributed by atoms with E-state index in [2.05, 4.69) is 4.72 Å². The molecule has 0 unspecified atom stereocenters. The van der Waals surface area contributed by atoms with Crippen LogP contribution in [0.1, 0.15) is 25.7 Å². The van der Waals surface area contributed by atoms with Gasteiger partial charge in [0.15, 0.2) is 0 Å². The van der Waals surface area contributed by atoms with Crippen LogP contribution in [0.2, 0.25) is 0 Å².